The number of nitrogens with one attached hydrogen (secondary N) is 2. The highest BCUT2D eigenvalue weighted by molar-refractivity contribution is 7.80. The maximum Gasteiger partial charge on any atom is 0.231 e. The quantitative estimate of drug-likeness (QED) is 0.766. The van der Waals surface area contributed by atoms with E-state index < -0.39 is 0 Å². The van der Waals surface area contributed by atoms with Crippen molar-refractivity contribution in [1.82, 2.24) is 10.6 Å². The largest absolute Gasteiger partial charge is 0.454 e. The van der Waals surface area contributed by atoms with Gasteiger partial charge in [0.05, 0.1) is 6.04 Å². The number of hydrogen-bond donors (Lipinski definition) is 2. The van der Waals surface area contributed by atoms with Gasteiger partial charge in [0.2, 0.25) is 6.79 Å². The average Bonchev–Trinajstić information content (AvgIpc) is 2.75. The Morgan fingerprint density at radius 2 is 2.12 bits per heavy atom. The molecule has 0 saturated heterocycles. The highest BCUT2D eigenvalue weighted by Gasteiger charge is 2.15. The van der Waals surface area contributed by atoms with Crippen LogP contribution in [0.1, 0.15) is 18.5 Å². The van der Waals surface area contributed by atoms with Gasteiger partial charge in [-0.1, -0.05) is 6.07 Å². The second kappa shape index (κ2) is 4.57. The molecule has 0 bridgehead atoms. The standard InChI is InChI=1S/C11H14N2O2S/c1-7(13-11(16)12-2)8-3-4-9-10(5-8)15-6-14-9/h3-5,7H,6H2,1-2H3,(H2,12,13,16). The van der Waals surface area contributed by atoms with Crippen molar-refractivity contribution in [3.8, 4) is 11.5 Å². The monoisotopic (exact) mass is 238 g/mol. The number of ether oxygens (including phenoxy) is 2. The lowest BCUT2D eigenvalue weighted by molar-refractivity contribution is 0.174. The van der Waals surface area contributed by atoms with E-state index in [-0.39, 0.29) is 6.04 Å². The summed E-state index contributed by atoms with van der Waals surface area (Å²) >= 11 is 5.05. The zero-order valence-corrected chi connectivity index (χ0v) is 10.1. The molecule has 0 fully saturated rings. The minimum absolute atomic E-state index is 0.134. The Labute approximate surface area is 99.9 Å². The van der Waals surface area contributed by atoms with Gasteiger partial charge in [0.25, 0.3) is 0 Å². The highest BCUT2D eigenvalue weighted by atomic mass is 32.1. The van der Waals surface area contributed by atoms with Crippen molar-refractivity contribution in [1.29, 1.82) is 0 Å². The number of thiocarbonyl (C=S) groups is 1. The molecule has 86 valence electrons. The molecule has 1 unspecified atom stereocenters. The van der Waals surface area contributed by atoms with E-state index in [2.05, 4.69) is 10.6 Å². The van der Waals surface area contributed by atoms with Gasteiger partial charge in [0, 0.05) is 7.05 Å². The number of hydrogen-bond acceptors (Lipinski definition) is 3. The van der Waals surface area contributed by atoms with Crippen LogP contribution in [0.4, 0.5) is 0 Å². The van der Waals surface area contributed by atoms with Crippen molar-refractivity contribution in [3.05, 3.63) is 23.8 Å². The molecule has 0 spiro atoms. The molecule has 0 amide bonds. The van der Waals surface area contributed by atoms with Crippen molar-refractivity contribution >= 4 is 17.3 Å². The van der Waals surface area contributed by atoms with Gasteiger partial charge in [-0.25, -0.2) is 0 Å². The second-order valence-corrected chi connectivity index (χ2v) is 3.97. The molecule has 1 aromatic carbocycles. The summed E-state index contributed by atoms with van der Waals surface area (Å²) in [4.78, 5) is 0. The van der Waals surface area contributed by atoms with Crippen molar-refractivity contribution in [2.45, 2.75) is 13.0 Å². The SMILES string of the molecule is CNC(=S)NC(C)c1ccc2c(c1)OCO2. The fourth-order valence-corrected chi connectivity index (χ4v) is 1.71. The third-order valence-electron chi connectivity index (χ3n) is 2.47. The normalized spacial score (nSPS) is 14.4. The molecule has 1 aromatic rings. The Hall–Kier alpha value is -1.49. The molecule has 1 atom stereocenters. The summed E-state index contributed by atoms with van der Waals surface area (Å²) in [6, 6.07) is 6.02. The minimum Gasteiger partial charge on any atom is -0.454 e. The van der Waals surface area contributed by atoms with Gasteiger partial charge in [-0.15, -0.1) is 0 Å². The molecule has 1 aliphatic rings. The van der Waals surface area contributed by atoms with Gasteiger partial charge < -0.3 is 20.1 Å². The molecule has 0 radical (unpaired) electrons. The third-order valence-corrected chi connectivity index (χ3v) is 2.79. The Morgan fingerprint density at radius 3 is 2.88 bits per heavy atom. The smallest absolute Gasteiger partial charge is 0.231 e. The van der Waals surface area contributed by atoms with Crippen molar-refractivity contribution in [2.75, 3.05) is 13.8 Å². The maximum absolute atomic E-state index is 5.32. The first-order valence-electron chi connectivity index (χ1n) is 5.08. The summed E-state index contributed by atoms with van der Waals surface area (Å²) in [5.74, 6) is 1.59. The van der Waals surface area contributed by atoms with Gasteiger partial charge in [0.1, 0.15) is 0 Å². The Bertz CT molecular complexity index is 409. The number of benzene rings is 1. The predicted molar refractivity (Wildman–Crippen MR) is 65.8 cm³/mol. The van der Waals surface area contributed by atoms with E-state index in [4.69, 9.17) is 21.7 Å². The molecular formula is C11H14N2O2S. The topological polar surface area (TPSA) is 42.5 Å². The fraction of sp³-hybridized carbons (Fsp3) is 0.364. The molecule has 2 N–H and O–H groups in total. The average molecular weight is 238 g/mol. The Morgan fingerprint density at radius 1 is 1.38 bits per heavy atom. The zero-order valence-electron chi connectivity index (χ0n) is 9.24. The molecule has 5 heteroatoms. The van der Waals surface area contributed by atoms with E-state index in [1.54, 1.807) is 7.05 Å². The van der Waals surface area contributed by atoms with E-state index in [0.29, 0.717) is 11.9 Å². The third kappa shape index (κ3) is 2.19. The van der Waals surface area contributed by atoms with E-state index in [0.717, 1.165) is 17.1 Å². The molecular weight excluding hydrogens is 224 g/mol. The molecule has 1 aliphatic heterocycles. The molecule has 0 saturated carbocycles. The van der Waals surface area contributed by atoms with E-state index >= 15 is 0 Å². The predicted octanol–water partition coefficient (Wildman–Crippen LogP) is 1.57. The first-order valence-corrected chi connectivity index (χ1v) is 5.49. The summed E-state index contributed by atoms with van der Waals surface area (Å²) in [6.07, 6.45) is 0. The number of rotatable bonds is 2. The van der Waals surface area contributed by atoms with Crippen LogP contribution in [0.5, 0.6) is 11.5 Å². The minimum atomic E-state index is 0.134. The van der Waals surface area contributed by atoms with Crippen LogP contribution in [-0.2, 0) is 0 Å². The lowest BCUT2D eigenvalue weighted by Gasteiger charge is -2.16. The second-order valence-electron chi connectivity index (χ2n) is 3.56. The summed E-state index contributed by atoms with van der Waals surface area (Å²) in [7, 11) is 1.79. The van der Waals surface area contributed by atoms with Gasteiger partial charge >= 0.3 is 0 Å². The van der Waals surface area contributed by atoms with Crippen LogP contribution in [0.25, 0.3) is 0 Å². The van der Waals surface area contributed by atoms with E-state index in [1.807, 2.05) is 25.1 Å². The first-order chi connectivity index (χ1) is 7.70. The van der Waals surface area contributed by atoms with Crippen LogP contribution in [-0.4, -0.2) is 19.0 Å². The molecule has 0 aliphatic carbocycles. The van der Waals surface area contributed by atoms with Crippen LogP contribution >= 0.6 is 12.2 Å². The molecule has 1 heterocycles. The molecule has 16 heavy (non-hydrogen) atoms. The summed E-state index contributed by atoms with van der Waals surface area (Å²) in [6.45, 7) is 2.34. The van der Waals surface area contributed by atoms with Gasteiger partial charge in [0.15, 0.2) is 16.6 Å². The van der Waals surface area contributed by atoms with Crippen LogP contribution in [0, 0.1) is 0 Å². The Kier molecular flexibility index (Phi) is 3.14. The Balaban J connectivity index is 2.12. The van der Waals surface area contributed by atoms with Crippen LogP contribution in [0.2, 0.25) is 0 Å². The van der Waals surface area contributed by atoms with Crippen LogP contribution < -0.4 is 20.1 Å². The lowest BCUT2D eigenvalue weighted by atomic mass is 10.1. The zero-order chi connectivity index (χ0) is 11.5. The van der Waals surface area contributed by atoms with Crippen molar-refractivity contribution < 1.29 is 9.47 Å². The fourth-order valence-electron chi connectivity index (χ4n) is 1.53. The van der Waals surface area contributed by atoms with E-state index in [1.165, 1.54) is 0 Å². The summed E-state index contributed by atoms with van der Waals surface area (Å²) < 4.78 is 10.6. The van der Waals surface area contributed by atoms with Crippen LogP contribution in [0.3, 0.4) is 0 Å². The maximum atomic E-state index is 5.32. The van der Waals surface area contributed by atoms with Gasteiger partial charge in [-0.2, -0.15) is 0 Å². The summed E-state index contributed by atoms with van der Waals surface area (Å²) in [5.41, 5.74) is 1.11. The van der Waals surface area contributed by atoms with Gasteiger partial charge in [-0.3, -0.25) is 0 Å². The van der Waals surface area contributed by atoms with Crippen molar-refractivity contribution in [2.24, 2.45) is 0 Å². The highest BCUT2D eigenvalue weighted by Crippen LogP contribution is 2.33. The van der Waals surface area contributed by atoms with Crippen molar-refractivity contribution in [3.63, 3.8) is 0 Å². The molecule has 4 nitrogen and oxygen atoms in total. The molecule has 2 rings (SSSR count). The first kappa shape index (κ1) is 11.0. The lowest BCUT2D eigenvalue weighted by Crippen LogP contribution is -2.34. The van der Waals surface area contributed by atoms with Gasteiger partial charge in [-0.05, 0) is 36.8 Å². The molecule has 0 aromatic heterocycles. The van der Waals surface area contributed by atoms with Crippen LogP contribution in [0.15, 0.2) is 18.2 Å². The number of fused-ring (bicyclic) bond motifs is 1. The van der Waals surface area contributed by atoms with E-state index in [9.17, 15) is 0 Å². The summed E-state index contributed by atoms with van der Waals surface area (Å²) in [5, 5.41) is 6.67.